The Morgan fingerprint density at radius 3 is 1.06 bits per heavy atom. The number of rotatable bonds is 2. The molecule has 1 aromatic rings. The smallest absolute Gasteiger partial charge is 0.418 e. The first-order valence-electron chi connectivity index (χ1n) is 12.4. The van der Waals surface area contributed by atoms with E-state index in [4.69, 9.17) is 0 Å². The Hall–Kier alpha value is -0.0317. The first-order valence-corrected chi connectivity index (χ1v) is 15.4. The van der Waals surface area contributed by atoms with E-state index in [0.29, 0.717) is 0 Å². The van der Waals surface area contributed by atoms with Gasteiger partial charge in [-0.3, -0.25) is 0 Å². The summed E-state index contributed by atoms with van der Waals surface area (Å²) in [7, 11) is -5.84. The summed E-state index contributed by atoms with van der Waals surface area (Å²) in [6.45, 7) is 10.0. The molecular formula is C26H40BF4P2Rh-. The standard InChI is InChI=1S/C18H28P2.C8H12.BF4.Rh/c1-13-9-10-14(2)19(13)17-7-5-6-8-18(17)20-15(3)11-12-16(20)4;1-2-4-6-8-7-5-3-1;2-1(3,4)5;/h5-8,13-16H,9-12H2,1-4H3;1-2,7-8H,3-6H2;;/q;;-1;/b;2-1-,8-7?;;/t13-,14-,15-,16-;;;/m1.../s1. The molecule has 2 heterocycles. The molecule has 1 radical (unpaired) electrons. The van der Waals surface area contributed by atoms with Crippen molar-refractivity contribution >= 4 is 33.7 Å². The van der Waals surface area contributed by atoms with Crippen LogP contribution in [0.5, 0.6) is 0 Å². The summed E-state index contributed by atoms with van der Waals surface area (Å²) in [6.07, 6.45) is 19.8. The molecule has 0 aromatic heterocycles. The molecule has 0 unspecified atom stereocenters. The normalized spacial score (nSPS) is 28.5. The Morgan fingerprint density at radius 2 is 0.824 bits per heavy atom. The van der Waals surface area contributed by atoms with E-state index in [9.17, 15) is 17.3 Å². The van der Waals surface area contributed by atoms with E-state index in [2.05, 4.69) is 76.3 Å². The van der Waals surface area contributed by atoms with Gasteiger partial charge in [0, 0.05) is 19.5 Å². The molecule has 195 valence electrons. The maximum atomic E-state index is 9.75. The molecule has 1 aliphatic carbocycles. The van der Waals surface area contributed by atoms with Gasteiger partial charge in [0.15, 0.2) is 0 Å². The van der Waals surface area contributed by atoms with E-state index in [1.54, 1.807) is 10.6 Å². The molecule has 8 heteroatoms. The molecule has 0 saturated carbocycles. The van der Waals surface area contributed by atoms with Crippen molar-refractivity contribution in [2.45, 2.75) is 102 Å². The van der Waals surface area contributed by atoms with Gasteiger partial charge in [-0.1, -0.05) is 92.1 Å². The minimum absolute atomic E-state index is 0. The van der Waals surface area contributed by atoms with Crippen molar-refractivity contribution in [2.75, 3.05) is 0 Å². The molecule has 4 atom stereocenters. The van der Waals surface area contributed by atoms with E-state index in [0.717, 1.165) is 22.6 Å². The Morgan fingerprint density at radius 1 is 0.588 bits per heavy atom. The van der Waals surface area contributed by atoms with Gasteiger partial charge in [0.25, 0.3) is 0 Å². The third-order valence-electron chi connectivity index (χ3n) is 6.68. The predicted molar refractivity (Wildman–Crippen MR) is 143 cm³/mol. The topological polar surface area (TPSA) is 0 Å². The monoisotopic (exact) mass is 604 g/mol. The van der Waals surface area contributed by atoms with Crippen LogP contribution in [-0.2, 0) is 19.5 Å². The summed E-state index contributed by atoms with van der Waals surface area (Å²) in [4.78, 5) is 0. The van der Waals surface area contributed by atoms with Gasteiger partial charge in [0.1, 0.15) is 0 Å². The van der Waals surface area contributed by atoms with Crippen LogP contribution < -0.4 is 10.6 Å². The van der Waals surface area contributed by atoms with Gasteiger partial charge in [0.2, 0.25) is 0 Å². The van der Waals surface area contributed by atoms with Gasteiger partial charge in [-0.15, -0.1) is 0 Å². The molecule has 3 aliphatic rings. The zero-order valence-electron chi connectivity index (χ0n) is 20.9. The third-order valence-corrected chi connectivity index (χ3v) is 13.6. The van der Waals surface area contributed by atoms with Gasteiger partial charge in [-0.2, -0.15) is 0 Å². The van der Waals surface area contributed by atoms with Crippen molar-refractivity contribution in [3.8, 4) is 0 Å². The van der Waals surface area contributed by atoms with Crippen LogP contribution in [0.2, 0.25) is 0 Å². The van der Waals surface area contributed by atoms with Gasteiger partial charge >= 0.3 is 7.25 Å². The second kappa shape index (κ2) is 15.9. The van der Waals surface area contributed by atoms with Gasteiger partial charge in [0.05, 0.1) is 0 Å². The van der Waals surface area contributed by atoms with Crippen molar-refractivity contribution in [1.29, 1.82) is 0 Å². The first-order chi connectivity index (χ1) is 15.6. The Kier molecular flexibility index (Phi) is 15.0. The van der Waals surface area contributed by atoms with Crippen molar-refractivity contribution in [3.05, 3.63) is 48.6 Å². The molecule has 0 spiro atoms. The maximum Gasteiger partial charge on any atom is 0.673 e. The molecule has 2 fully saturated rings. The molecule has 0 N–H and O–H groups in total. The van der Waals surface area contributed by atoms with Crippen LogP contribution >= 0.6 is 15.8 Å². The van der Waals surface area contributed by atoms with E-state index < -0.39 is 7.25 Å². The molecule has 0 amide bonds. The van der Waals surface area contributed by atoms with Crippen LogP contribution in [0.1, 0.15) is 79.1 Å². The first kappa shape index (κ1) is 32.0. The minimum atomic E-state index is -6.00. The van der Waals surface area contributed by atoms with Crippen LogP contribution in [0, 0.1) is 0 Å². The Balaban J connectivity index is 0.000000343. The summed E-state index contributed by atoms with van der Waals surface area (Å²) in [5.74, 6) is 0. The van der Waals surface area contributed by atoms with Gasteiger partial charge in [-0.05, 0) is 84.6 Å². The van der Waals surface area contributed by atoms with Gasteiger partial charge in [-0.25, -0.2) is 0 Å². The van der Waals surface area contributed by atoms with Crippen molar-refractivity contribution in [1.82, 2.24) is 0 Å². The third kappa shape index (κ3) is 10.9. The van der Waals surface area contributed by atoms with E-state index in [1.807, 2.05) is 0 Å². The minimum Gasteiger partial charge on any atom is -0.418 e. The van der Waals surface area contributed by atoms with Crippen LogP contribution in [0.3, 0.4) is 0 Å². The Labute approximate surface area is 220 Å². The fourth-order valence-corrected chi connectivity index (χ4v) is 12.3. The zero-order chi connectivity index (χ0) is 24.4. The SMILES string of the molecule is C1=CCC/C=C\CC1.C[C@@H]1CC[C@@H](C)P1c1ccccc1P1[C@H](C)CC[C@H]1C.F[B-](F)(F)F.[Rh]. The summed E-state index contributed by atoms with van der Waals surface area (Å²) in [5, 5.41) is 3.57. The number of allylic oxidation sites excluding steroid dienone is 4. The number of hydrogen-bond acceptors (Lipinski definition) is 0. The molecule has 2 saturated heterocycles. The van der Waals surface area contributed by atoms with Crippen molar-refractivity contribution < 1.29 is 36.7 Å². The predicted octanol–water partition coefficient (Wildman–Crippen LogP) is 9.01. The van der Waals surface area contributed by atoms with Crippen LogP contribution in [0.15, 0.2) is 48.6 Å². The zero-order valence-corrected chi connectivity index (χ0v) is 24.3. The summed E-state index contributed by atoms with van der Waals surface area (Å²) >= 11 is 0. The van der Waals surface area contributed by atoms with E-state index >= 15 is 0 Å². The number of halogens is 4. The van der Waals surface area contributed by atoms with Gasteiger partial charge < -0.3 is 17.3 Å². The number of benzene rings is 1. The molecule has 4 rings (SSSR count). The van der Waals surface area contributed by atoms with Crippen molar-refractivity contribution in [3.63, 3.8) is 0 Å². The van der Waals surface area contributed by atoms with Crippen LogP contribution in [0.4, 0.5) is 17.3 Å². The largest absolute Gasteiger partial charge is 0.673 e. The van der Waals surface area contributed by atoms with Crippen LogP contribution in [0.25, 0.3) is 0 Å². The fraction of sp³-hybridized carbons (Fsp3) is 0.615. The quantitative estimate of drug-likeness (QED) is 0.137. The molecule has 34 heavy (non-hydrogen) atoms. The summed E-state index contributed by atoms with van der Waals surface area (Å²) < 4.78 is 39.0. The molecule has 2 aliphatic heterocycles. The molecule has 0 bridgehead atoms. The van der Waals surface area contributed by atoms with Crippen molar-refractivity contribution in [2.24, 2.45) is 0 Å². The van der Waals surface area contributed by atoms with E-state index in [-0.39, 0.29) is 35.3 Å². The molecule has 0 nitrogen and oxygen atoms in total. The molecular weight excluding hydrogens is 564 g/mol. The summed E-state index contributed by atoms with van der Waals surface area (Å²) in [6, 6.07) is 9.55. The van der Waals surface area contributed by atoms with Crippen LogP contribution in [-0.4, -0.2) is 29.9 Å². The summed E-state index contributed by atoms with van der Waals surface area (Å²) in [5.41, 5.74) is 3.74. The fourth-order valence-electron chi connectivity index (χ4n) is 5.10. The number of hydrogen-bond donors (Lipinski definition) is 0. The average Bonchev–Trinajstić information content (AvgIpc) is 3.21. The second-order valence-electron chi connectivity index (χ2n) is 9.45. The average molecular weight is 604 g/mol. The second-order valence-corrected chi connectivity index (χ2v) is 15.6. The molecule has 1 aromatic carbocycles. The maximum absolute atomic E-state index is 9.75. The Bertz CT molecular complexity index is 676. The van der Waals surface area contributed by atoms with E-state index in [1.165, 1.54) is 51.4 Å².